The molecule has 0 spiro atoms. The molecule has 0 aliphatic carbocycles. The highest BCUT2D eigenvalue weighted by Crippen LogP contribution is 2.42. The number of nitrogens with zero attached hydrogens (tertiary/aromatic N) is 3. The van der Waals surface area contributed by atoms with E-state index < -0.39 is 51.8 Å². The highest BCUT2D eigenvalue weighted by molar-refractivity contribution is 5.94. The minimum atomic E-state index is -2.35. The Kier molecular flexibility index (Phi) is 12.1. The second-order valence-corrected chi connectivity index (χ2v) is 14.3. The van der Waals surface area contributed by atoms with Gasteiger partial charge in [0.2, 0.25) is 5.82 Å². The summed E-state index contributed by atoms with van der Waals surface area (Å²) >= 11 is 0. The van der Waals surface area contributed by atoms with Gasteiger partial charge in [0, 0.05) is 68.6 Å². The second-order valence-electron chi connectivity index (χ2n) is 14.3. The average molecular weight is 803 g/mol. The van der Waals surface area contributed by atoms with Crippen LogP contribution in [0.5, 0.6) is 0 Å². The van der Waals surface area contributed by atoms with E-state index in [1.165, 1.54) is 12.1 Å². The highest BCUT2D eigenvalue weighted by atomic mass is 19.2. The van der Waals surface area contributed by atoms with Crippen LogP contribution >= 0.6 is 0 Å². The number of ether oxygens (including phenoxy) is 2. The molecule has 7 rings (SSSR count). The number of hydrogen-bond acceptors (Lipinski definition) is 8. The quantitative estimate of drug-likeness (QED) is 0.0454. The van der Waals surface area contributed by atoms with E-state index in [1.54, 1.807) is 30.3 Å². The van der Waals surface area contributed by atoms with Crippen LogP contribution < -0.4 is 10.2 Å². The Hall–Kier alpha value is -5.74. The maximum Gasteiger partial charge on any atom is 0.269 e. The maximum atomic E-state index is 14.2. The monoisotopic (exact) mass is 802 g/mol. The van der Waals surface area contributed by atoms with Gasteiger partial charge in [-0.15, -0.1) is 0 Å². The van der Waals surface area contributed by atoms with Crippen LogP contribution in [-0.2, 0) is 22.6 Å². The van der Waals surface area contributed by atoms with Gasteiger partial charge >= 0.3 is 0 Å². The third kappa shape index (κ3) is 8.57. The number of carbonyl (C=O) groups excluding carboxylic acids is 1. The molecule has 0 aromatic heterocycles. The number of non-ortho nitro benzene ring substituents is 1. The summed E-state index contributed by atoms with van der Waals surface area (Å²) in [5, 5.41) is 23.0. The SMILES string of the molecule is C[C@@H]1[C@H](CN2CCN(c3ccc([N+](=O)[O-])cc3)CC2)O[C@H](c2cccc(-c3cccc(CNC(=O)c4c(F)c(F)c(F)c(F)c4F)c3)c2)O[C@@H]1c1ccc(CO)cc1. The van der Waals surface area contributed by atoms with Gasteiger partial charge in [0.25, 0.3) is 11.6 Å². The third-order valence-corrected chi connectivity index (χ3v) is 10.7. The van der Waals surface area contributed by atoms with Crippen molar-refractivity contribution >= 4 is 17.3 Å². The van der Waals surface area contributed by atoms with Crippen molar-refractivity contribution in [3.8, 4) is 11.1 Å². The van der Waals surface area contributed by atoms with Crippen molar-refractivity contribution in [3.05, 3.63) is 164 Å². The van der Waals surface area contributed by atoms with Gasteiger partial charge < -0.3 is 24.8 Å². The first-order valence-electron chi connectivity index (χ1n) is 18.6. The van der Waals surface area contributed by atoms with Crippen molar-refractivity contribution in [3.63, 3.8) is 0 Å². The lowest BCUT2D eigenvalue weighted by Crippen LogP contribution is -2.51. The van der Waals surface area contributed by atoms with Crippen LogP contribution in [0.2, 0.25) is 0 Å². The number of piperazine rings is 1. The number of hydrogen-bond donors (Lipinski definition) is 2. The zero-order chi connectivity index (χ0) is 41.1. The van der Waals surface area contributed by atoms with Crippen LogP contribution in [0.3, 0.4) is 0 Å². The summed E-state index contributed by atoms with van der Waals surface area (Å²) in [5.41, 5.74) is 3.82. The number of aliphatic hydroxyl groups excluding tert-OH is 1. The van der Waals surface area contributed by atoms with E-state index in [0.29, 0.717) is 17.7 Å². The molecule has 10 nitrogen and oxygen atoms in total. The lowest BCUT2D eigenvalue weighted by atomic mass is 9.89. The number of nitro groups is 1. The number of aliphatic hydroxyl groups is 1. The van der Waals surface area contributed by atoms with Crippen LogP contribution in [0.15, 0.2) is 97.1 Å². The van der Waals surface area contributed by atoms with E-state index in [-0.39, 0.29) is 37.0 Å². The molecule has 0 saturated carbocycles. The lowest BCUT2D eigenvalue weighted by Gasteiger charge is -2.44. The van der Waals surface area contributed by atoms with Crippen molar-refractivity contribution in [1.82, 2.24) is 10.2 Å². The fourth-order valence-corrected chi connectivity index (χ4v) is 7.36. The number of anilines is 1. The Balaban J connectivity index is 1.07. The molecule has 5 aromatic carbocycles. The van der Waals surface area contributed by atoms with E-state index in [4.69, 9.17) is 9.47 Å². The van der Waals surface area contributed by atoms with Crippen LogP contribution in [-0.4, -0.2) is 59.7 Å². The molecule has 2 heterocycles. The first-order valence-corrected chi connectivity index (χ1v) is 18.6. The summed E-state index contributed by atoms with van der Waals surface area (Å²) < 4.78 is 82.8. The number of rotatable bonds is 11. The van der Waals surface area contributed by atoms with E-state index in [2.05, 4.69) is 22.0 Å². The van der Waals surface area contributed by atoms with E-state index in [1.807, 2.05) is 54.6 Å². The van der Waals surface area contributed by atoms with Crippen molar-refractivity contribution in [2.45, 2.75) is 38.6 Å². The predicted octanol–water partition coefficient (Wildman–Crippen LogP) is 7.99. The van der Waals surface area contributed by atoms with Crippen molar-refractivity contribution in [2.75, 3.05) is 37.6 Å². The zero-order valence-electron chi connectivity index (χ0n) is 31.2. The molecule has 2 aliphatic heterocycles. The van der Waals surface area contributed by atoms with Gasteiger partial charge in [0.05, 0.1) is 23.7 Å². The fourth-order valence-electron chi connectivity index (χ4n) is 7.36. The second kappa shape index (κ2) is 17.4. The van der Waals surface area contributed by atoms with E-state index in [9.17, 15) is 42.0 Å². The summed E-state index contributed by atoms with van der Waals surface area (Å²) in [6.45, 7) is 5.31. The Morgan fingerprint density at radius 1 is 0.776 bits per heavy atom. The fraction of sp³-hybridized carbons (Fsp3) is 0.279. The summed E-state index contributed by atoms with van der Waals surface area (Å²) in [6.07, 6.45) is -1.37. The molecule has 0 radical (unpaired) electrons. The molecule has 2 aliphatic rings. The molecule has 2 fully saturated rings. The number of nitrogens with one attached hydrogen (secondary N) is 1. The number of nitro benzene ring substituents is 1. The molecular formula is C43H39F5N4O6. The molecule has 4 atom stereocenters. The van der Waals surface area contributed by atoms with Crippen LogP contribution in [0.25, 0.3) is 11.1 Å². The minimum Gasteiger partial charge on any atom is -0.392 e. The van der Waals surface area contributed by atoms with Crippen LogP contribution in [0.1, 0.15) is 51.9 Å². The average Bonchev–Trinajstić information content (AvgIpc) is 3.25. The first-order chi connectivity index (χ1) is 27.9. The summed E-state index contributed by atoms with van der Waals surface area (Å²) in [6, 6.07) is 28.6. The molecule has 0 unspecified atom stereocenters. The molecule has 302 valence electrons. The van der Waals surface area contributed by atoms with Gasteiger partial charge in [-0.1, -0.05) is 67.6 Å². The number of amides is 1. The van der Waals surface area contributed by atoms with Gasteiger partial charge in [0.15, 0.2) is 29.6 Å². The number of benzene rings is 5. The standard InChI is InChI=1S/C43H39F5N4O6/c1-25-34(23-50-16-18-51(19-17-50)32-12-14-33(15-13-32)52(55)56)57-43(58-41(25)28-10-8-26(24-53)9-11-28)31-7-3-6-30(21-31)29-5-2-4-27(20-29)22-49-42(54)35-36(44)38(46)40(48)39(47)37(35)45/h2-15,20-21,25,34,41,43,53H,16-19,22-24H2,1H3,(H,49,54)/t25-,34+,41+,43+/m1/s1. The predicted molar refractivity (Wildman–Crippen MR) is 204 cm³/mol. The highest BCUT2D eigenvalue weighted by Gasteiger charge is 2.39. The molecule has 5 aromatic rings. The normalized spacial score (nSPS) is 19.9. The third-order valence-electron chi connectivity index (χ3n) is 10.7. The topological polar surface area (TPSA) is 117 Å². The molecule has 0 bridgehead atoms. The van der Waals surface area contributed by atoms with E-state index >= 15 is 0 Å². The molecule has 2 N–H and O–H groups in total. The molecular weight excluding hydrogens is 763 g/mol. The zero-order valence-corrected chi connectivity index (χ0v) is 31.2. The van der Waals surface area contributed by atoms with Gasteiger partial charge in [-0.25, -0.2) is 22.0 Å². The van der Waals surface area contributed by atoms with E-state index in [0.717, 1.165) is 54.1 Å². The van der Waals surface area contributed by atoms with Gasteiger partial charge in [-0.05, 0) is 52.1 Å². The lowest BCUT2D eigenvalue weighted by molar-refractivity contribution is -0.384. The van der Waals surface area contributed by atoms with Gasteiger partial charge in [0.1, 0.15) is 5.56 Å². The Morgan fingerprint density at radius 3 is 2.03 bits per heavy atom. The summed E-state index contributed by atoms with van der Waals surface area (Å²) in [4.78, 5) is 27.8. The summed E-state index contributed by atoms with van der Waals surface area (Å²) in [7, 11) is 0. The minimum absolute atomic E-state index is 0.0455. The first kappa shape index (κ1) is 40.5. The molecule has 1 amide bonds. The molecule has 2 saturated heterocycles. The Labute approximate surface area is 330 Å². The van der Waals surface area contributed by atoms with Gasteiger partial charge in [-0.3, -0.25) is 19.8 Å². The number of carbonyl (C=O) groups is 1. The molecule has 15 heteroatoms. The smallest absolute Gasteiger partial charge is 0.269 e. The number of halogens is 5. The van der Waals surface area contributed by atoms with Crippen LogP contribution in [0, 0.1) is 45.1 Å². The van der Waals surface area contributed by atoms with Crippen molar-refractivity contribution < 1.29 is 46.3 Å². The van der Waals surface area contributed by atoms with Crippen molar-refractivity contribution in [1.29, 1.82) is 0 Å². The van der Waals surface area contributed by atoms with Crippen LogP contribution in [0.4, 0.5) is 33.3 Å². The largest absolute Gasteiger partial charge is 0.392 e. The maximum absolute atomic E-state index is 14.2. The molecule has 58 heavy (non-hydrogen) atoms. The van der Waals surface area contributed by atoms with Crippen molar-refractivity contribution in [2.24, 2.45) is 5.92 Å². The summed E-state index contributed by atoms with van der Waals surface area (Å²) in [5.74, 6) is -12.7. The Bertz CT molecular complexity index is 2260. The Morgan fingerprint density at radius 2 is 1.40 bits per heavy atom. The van der Waals surface area contributed by atoms with Gasteiger partial charge in [-0.2, -0.15) is 0 Å².